The minimum absolute atomic E-state index is 0.512. The predicted molar refractivity (Wildman–Crippen MR) is 84.1 cm³/mol. The summed E-state index contributed by atoms with van der Waals surface area (Å²) in [7, 11) is 0. The van der Waals surface area contributed by atoms with Gasteiger partial charge in [-0.1, -0.05) is 30.3 Å². The Morgan fingerprint density at radius 1 is 0.909 bits per heavy atom. The van der Waals surface area contributed by atoms with Crippen LogP contribution in [0, 0.1) is 11.6 Å². The average Bonchev–Trinajstić information content (AvgIpc) is 3.01. The molecule has 0 saturated heterocycles. The first-order valence-corrected chi connectivity index (χ1v) is 7.43. The zero-order valence-electron chi connectivity index (χ0n) is 11.3. The number of rotatable bonds is 3. The Kier molecular flexibility index (Phi) is 3.98. The van der Waals surface area contributed by atoms with Crippen LogP contribution in [0.4, 0.5) is 14.5 Å². The van der Waals surface area contributed by atoms with Crippen LogP contribution in [-0.2, 0) is 0 Å². The van der Waals surface area contributed by atoms with Crippen LogP contribution < -0.4 is 5.32 Å². The molecule has 0 saturated carbocycles. The first-order valence-electron chi connectivity index (χ1n) is 6.55. The molecule has 0 unspecified atom stereocenters. The van der Waals surface area contributed by atoms with E-state index >= 15 is 0 Å². The smallest absolute Gasteiger partial charge is 0.261 e. The van der Waals surface area contributed by atoms with Gasteiger partial charge in [0.15, 0.2) is 0 Å². The fourth-order valence-electron chi connectivity index (χ4n) is 2.14. The summed E-state index contributed by atoms with van der Waals surface area (Å²) in [6.45, 7) is 0. The van der Waals surface area contributed by atoms with Crippen molar-refractivity contribution in [1.82, 2.24) is 0 Å². The van der Waals surface area contributed by atoms with Gasteiger partial charge in [-0.25, -0.2) is 8.78 Å². The van der Waals surface area contributed by atoms with Crippen LogP contribution in [0.5, 0.6) is 0 Å². The van der Waals surface area contributed by atoms with Gasteiger partial charge in [-0.15, -0.1) is 11.3 Å². The van der Waals surface area contributed by atoms with Crippen LogP contribution in [0.25, 0.3) is 10.4 Å². The van der Waals surface area contributed by atoms with Gasteiger partial charge in [0.2, 0.25) is 0 Å². The summed E-state index contributed by atoms with van der Waals surface area (Å²) in [5.74, 6) is -2.57. The summed E-state index contributed by atoms with van der Waals surface area (Å²) in [5, 5.41) is 4.51. The number of benzene rings is 2. The third-order valence-electron chi connectivity index (χ3n) is 3.15. The van der Waals surface area contributed by atoms with E-state index in [9.17, 15) is 13.6 Å². The van der Waals surface area contributed by atoms with E-state index in [1.165, 1.54) is 17.4 Å². The highest BCUT2D eigenvalue weighted by Crippen LogP contribution is 2.31. The normalized spacial score (nSPS) is 10.5. The molecule has 0 aliphatic carbocycles. The number of para-hydroxylation sites is 1. The molecule has 0 aliphatic heterocycles. The second kappa shape index (κ2) is 6.07. The lowest BCUT2D eigenvalue weighted by Crippen LogP contribution is -2.16. The number of anilines is 1. The quantitative estimate of drug-likeness (QED) is 0.728. The molecule has 3 aromatic rings. The average molecular weight is 315 g/mol. The maximum Gasteiger partial charge on any atom is 0.261 e. The molecule has 2 nitrogen and oxygen atoms in total. The molecule has 2 aromatic carbocycles. The van der Waals surface area contributed by atoms with E-state index in [0.29, 0.717) is 5.69 Å². The highest BCUT2D eigenvalue weighted by molar-refractivity contribution is 7.13. The molecule has 22 heavy (non-hydrogen) atoms. The summed E-state index contributed by atoms with van der Waals surface area (Å²) >= 11 is 1.52. The van der Waals surface area contributed by atoms with Gasteiger partial charge in [-0.3, -0.25) is 4.79 Å². The van der Waals surface area contributed by atoms with Gasteiger partial charge in [-0.05, 0) is 29.6 Å². The Morgan fingerprint density at radius 2 is 1.64 bits per heavy atom. The first-order chi connectivity index (χ1) is 10.7. The highest BCUT2D eigenvalue weighted by Gasteiger charge is 2.18. The van der Waals surface area contributed by atoms with Crippen molar-refractivity contribution in [2.45, 2.75) is 0 Å². The Balaban J connectivity index is 1.96. The topological polar surface area (TPSA) is 29.1 Å². The van der Waals surface area contributed by atoms with E-state index in [0.717, 1.165) is 22.6 Å². The summed E-state index contributed by atoms with van der Waals surface area (Å²) in [6, 6.07) is 14.3. The first kappa shape index (κ1) is 14.4. The maximum atomic E-state index is 13.7. The fourth-order valence-corrected chi connectivity index (χ4v) is 2.90. The Bertz CT molecular complexity index is 795. The monoisotopic (exact) mass is 315 g/mol. The lowest BCUT2D eigenvalue weighted by molar-refractivity contribution is 0.101. The van der Waals surface area contributed by atoms with E-state index < -0.39 is 23.1 Å². The molecule has 0 bridgehead atoms. The van der Waals surface area contributed by atoms with Crippen molar-refractivity contribution in [3.63, 3.8) is 0 Å². The SMILES string of the molecule is O=C(Nc1ccccc1-c1cccs1)c1c(F)cccc1F. The van der Waals surface area contributed by atoms with E-state index in [-0.39, 0.29) is 0 Å². The Labute approximate surface area is 130 Å². The zero-order valence-corrected chi connectivity index (χ0v) is 12.2. The number of amides is 1. The third-order valence-corrected chi connectivity index (χ3v) is 4.05. The molecular weight excluding hydrogens is 304 g/mol. The van der Waals surface area contributed by atoms with Gasteiger partial charge in [0, 0.05) is 16.1 Å². The molecule has 5 heteroatoms. The van der Waals surface area contributed by atoms with Crippen molar-refractivity contribution in [1.29, 1.82) is 0 Å². The van der Waals surface area contributed by atoms with Gasteiger partial charge < -0.3 is 5.32 Å². The minimum atomic E-state index is -0.883. The predicted octanol–water partition coefficient (Wildman–Crippen LogP) is 4.95. The van der Waals surface area contributed by atoms with E-state index in [1.807, 2.05) is 29.6 Å². The fraction of sp³-hybridized carbons (Fsp3) is 0. The summed E-state index contributed by atoms with van der Waals surface area (Å²) in [5.41, 5.74) is 0.740. The number of halogens is 2. The molecule has 0 aliphatic rings. The van der Waals surface area contributed by atoms with Crippen molar-refractivity contribution >= 4 is 22.9 Å². The molecule has 0 spiro atoms. The van der Waals surface area contributed by atoms with Crippen molar-refractivity contribution in [2.75, 3.05) is 5.32 Å². The molecule has 3 rings (SSSR count). The van der Waals surface area contributed by atoms with Gasteiger partial charge in [0.25, 0.3) is 5.91 Å². The zero-order chi connectivity index (χ0) is 15.5. The third kappa shape index (κ3) is 2.76. The Morgan fingerprint density at radius 3 is 2.32 bits per heavy atom. The van der Waals surface area contributed by atoms with E-state index in [4.69, 9.17) is 0 Å². The van der Waals surface area contributed by atoms with Gasteiger partial charge in [-0.2, -0.15) is 0 Å². The molecule has 1 heterocycles. The van der Waals surface area contributed by atoms with Gasteiger partial charge in [0.05, 0.1) is 0 Å². The molecule has 1 amide bonds. The number of carbonyl (C=O) groups excluding carboxylic acids is 1. The molecule has 0 radical (unpaired) electrons. The van der Waals surface area contributed by atoms with Crippen molar-refractivity contribution in [3.8, 4) is 10.4 Å². The van der Waals surface area contributed by atoms with Crippen LogP contribution >= 0.6 is 11.3 Å². The molecule has 0 fully saturated rings. The van der Waals surface area contributed by atoms with Crippen LogP contribution in [0.3, 0.4) is 0 Å². The van der Waals surface area contributed by atoms with Gasteiger partial charge in [0.1, 0.15) is 17.2 Å². The van der Waals surface area contributed by atoms with E-state index in [2.05, 4.69) is 5.32 Å². The van der Waals surface area contributed by atoms with Crippen LogP contribution in [-0.4, -0.2) is 5.91 Å². The van der Waals surface area contributed by atoms with Crippen LogP contribution in [0.2, 0.25) is 0 Å². The van der Waals surface area contributed by atoms with Crippen LogP contribution in [0.15, 0.2) is 60.0 Å². The Hall–Kier alpha value is -2.53. The molecule has 110 valence electrons. The number of hydrogen-bond acceptors (Lipinski definition) is 2. The summed E-state index contributed by atoms with van der Waals surface area (Å²) < 4.78 is 27.4. The number of hydrogen-bond donors (Lipinski definition) is 1. The number of nitrogens with one attached hydrogen (secondary N) is 1. The van der Waals surface area contributed by atoms with Crippen LogP contribution in [0.1, 0.15) is 10.4 Å². The second-order valence-corrected chi connectivity index (χ2v) is 5.52. The van der Waals surface area contributed by atoms with Crippen molar-refractivity contribution < 1.29 is 13.6 Å². The van der Waals surface area contributed by atoms with E-state index in [1.54, 1.807) is 12.1 Å². The molecule has 0 atom stereocenters. The molecule has 1 N–H and O–H groups in total. The lowest BCUT2D eigenvalue weighted by atomic mass is 10.1. The maximum absolute atomic E-state index is 13.7. The molecule has 1 aromatic heterocycles. The van der Waals surface area contributed by atoms with Gasteiger partial charge >= 0.3 is 0 Å². The second-order valence-electron chi connectivity index (χ2n) is 4.57. The van der Waals surface area contributed by atoms with Crippen molar-refractivity contribution in [3.05, 3.63) is 77.2 Å². The lowest BCUT2D eigenvalue weighted by Gasteiger charge is -2.11. The highest BCUT2D eigenvalue weighted by atomic mass is 32.1. The summed E-state index contributed by atoms with van der Waals surface area (Å²) in [4.78, 5) is 13.2. The number of carbonyl (C=O) groups is 1. The number of thiophene rings is 1. The molecular formula is C17H11F2NOS. The standard InChI is InChI=1S/C17H11F2NOS/c18-12-6-3-7-13(19)16(12)17(21)20-14-8-2-1-5-11(14)15-9-4-10-22-15/h1-10H,(H,20,21). The van der Waals surface area contributed by atoms with Crippen molar-refractivity contribution in [2.24, 2.45) is 0 Å². The summed E-state index contributed by atoms with van der Waals surface area (Å²) in [6.07, 6.45) is 0. The minimum Gasteiger partial charge on any atom is -0.321 e. The largest absolute Gasteiger partial charge is 0.321 e.